The van der Waals surface area contributed by atoms with Gasteiger partial charge in [0.05, 0.1) is 0 Å². The predicted molar refractivity (Wildman–Crippen MR) is 145 cm³/mol. The molecule has 0 saturated heterocycles. The maximum Gasteiger partial charge on any atom is 0.243 e. The highest BCUT2D eigenvalue weighted by atomic mass is 32.2. The first kappa shape index (κ1) is 27.5. The Morgan fingerprint density at radius 3 is 2.25 bits per heavy atom. The number of aryl methyl sites for hydroxylation is 1. The third-order valence-electron chi connectivity index (χ3n) is 6.14. The van der Waals surface area contributed by atoms with E-state index in [0.717, 1.165) is 22.4 Å². The first-order chi connectivity index (χ1) is 17.4. The molecule has 0 fully saturated rings. The highest BCUT2D eigenvalue weighted by Crippen LogP contribution is 2.21. The van der Waals surface area contributed by atoms with Gasteiger partial charge in [0, 0.05) is 36.1 Å². The van der Waals surface area contributed by atoms with Crippen molar-refractivity contribution in [1.82, 2.24) is 10.2 Å². The molecule has 0 aromatic heterocycles. The SMILES string of the molecule is CC[C@@H](C)NC(=O)[C@H](Cc1ccccc1)N(Cc1ccc(F)cc1)C(=O)CCSc1ccc(C)cc1. The molecule has 2 atom stereocenters. The number of nitrogens with zero attached hydrogens (tertiary/aromatic N) is 1. The molecule has 0 aliphatic heterocycles. The average molecular weight is 507 g/mol. The predicted octanol–water partition coefficient (Wildman–Crippen LogP) is 6.17. The average Bonchev–Trinajstić information content (AvgIpc) is 2.88. The van der Waals surface area contributed by atoms with Crippen molar-refractivity contribution >= 4 is 23.6 Å². The van der Waals surface area contributed by atoms with Gasteiger partial charge in [0.25, 0.3) is 0 Å². The number of rotatable bonds is 12. The second kappa shape index (κ2) is 13.8. The zero-order chi connectivity index (χ0) is 25.9. The lowest BCUT2D eigenvalue weighted by atomic mass is 10.0. The molecule has 4 nitrogen and oxygen atoms in total. The zero-order valence-electron chi connectivity index (χ0n) is 21.2. The van der Waals surface area contributed by atoms with Crippen LogP contribution in [0, 0.1) is 12.7 Å². The summed E-state index contributed by atoms with van der Waals surface area (Å²) in [5, 5.41) is 3.07. The summed E-state index contributed by atoms with van der Waals surface area (Å²) in [7, 11) is 0. The third kappa shape index (κ3) is 8.52. The molecule has 3 rings (SSSR count). The van der Waals surface area contributed by atoms with Crippen molar-refractivity contribution in [2.45, 2.75) is 63.6 Å². The quantitative estimate of drug-likeness (QED) is 0.299. The van der Waals surface area contributed by atoms with E-state index in [1.165, 1.54) is 17.7 Å². The number of hydrogen-bond donors (Lipinski definition) is 1. The van der Waals surface area contributed by atoms with Crippen LogP contribution in [0.5, 0.6) is 0 Å². The number of hydrogen-bond acceptors (Lipinski definition) is 3. The molecule has 190 valence electrons. The number of benzene rings is 3. The molecule has 0 aliphatic carbocycles. The van der Waals surface area contributed by atoms with E-state index in [9.17, 15) is 14.0 Å². The minimum atomic E-state index is -0.677. The van der Waals surface area contributed by atoms with Gasteiger partial charge in [0.15, 0.2) is 0 Å². The van der Waals surface area contributed by atoms with Gasteiger partial charge in [0.1, 0.15) is 11.9 Å². The summed E-state index contributed by atoms with van der Waals surface area (Å²) >= 11 is 1.62. The van der Waals surface area contributed by atoms with E-state index in [-0.39, 0.29) is 30.2 Å². The van der Waals surface area contributed by atoms with Crippen molar-refractivity contribution < 1.29 is 14.0 Å². The molecular weight excluding hydrogens is 471 g/mol. The standard InChI is InChI=1S/C30H35FN2O2S/c1-4-23(3)32-30(35)28(20-24-8-6-5-7-9-24)33(21-25-12-14-26(31)15-13-25)29(34)18-19-36-27-16-10-22(2)11-17-27/h5-17,23,28H,4,18-21H2,1-3H3,(H,32,35)/t23-,28+/m1/s1. The van der Waals surface area contributed by atoms with Crippen LogP contribution >= 0.6 is 11.8 Å². The van der Waals surface area contributed by atoms with E-state index >= 15 is 0 Å². The molecule has 36 heavy (non-hydrogen) atoms. The Hall–Kier alpha value is -3.12. The number of nitrogens with one attached hydrogen (secondary N) is 1. The van der Waals surface area contributed by atoms with Crippen molar-refractivity contribution in [3.8, 4) is 0 Å². The summed E-state index contributed by atoms with van der Waals surface area (Å²) in [5.41, 5.74) is 2.95. The second-order valence-electron chi connectivity index (χ2n) is 9.08. The minimum absolute atomic E-state index is 0.00404. The molecular formula is C30H35FN2O2S. The van der Waals surface area contributed by atoms with Crippen LogP contribution in [0.25, 0.3) is 0 Å². The molecule has 3 aromatic carbocycles. The molecule has 0 unspecified atom stereocenters. The van der Waals surface area contributed by atoms with Gasteiger partial charge in [-0.25, -0.2) is 4.39 Å². The lowest BCUT2D eigenvalue weighted by Gasteiger charge is -2.32. The van der Waals surface area contributed by atoms with Crippen LogP contribution in [-0.4, -0.2) is 34.6 Å². The van der Waals surface area contributed by atoms with Crippen LogP contribution in [0.4, 0.5) is 4.39 Å². The van der Waals surface area contributed by atoms with Crippen molar-refractivity contribution in [3.63, 3.8) is 0 Å². The Morgan fingerprint density at radius 1 is 0.944 bits per heavy atom. The van der Waals surface area contributed by atoms with Gasteiger partial charge in [-0.05, 0) is 55.7 Å². The Bertz CT molecular complexity index is 1100. The Morgan fingerprint density at radius 2 is 1.61 bits per heavy atom. The van der Waals surface area contributed by atoms with Gasteiger partial charge in [-0.3, -0.25) is 9.59 Å². The fourth-order valence-corrected chi connectivity index (χ4v) is 4.66. The zero-order valence-corrected chi connectivity index (χ0v) is 22.1. The van der Waals surface area contributed by atoms with Crippen molar-refractivity contribution in [2.24, 2.45) is 0 Å². The van der Waals surface area contributed by atoms with Crippen molar-refractivity contribution in [1.29, 1.82) is 0 Å². The van der Waals surface area contributed by atoms with E-state index in [1.54, 1.807) is 28.8 Å². The molecule has 2 amide bonds. The van der Waals surface area contributed by atoms with Crippen molar-refractivity contribution in [2.75, 3.05) is 5.75 Å². The third-order valence-corrected chi connectivity index (χ3v) is 7.16. The van der Waals surface area contributed by atoms with E-state index in [2.05, 4.69) is 29.6 Å². The summed E-state index contributed by atoms with van der Waals surface area (Å²) < 4.78 is 13.5. The normalized spacial score (nSPS) is 12.6. The first-order valence-electron chi connectivity index (χ1n) is 12.4. The Kier molecular flexibility index (Phi) is 10.6. The molecule has 3 aromatic rings. The van der Waals surface area contributed by atoms with E-state index < -0.39 is 6.04 Å². The second-order valence-corrected chi connectivity index (χ2v) is 10.3. The number of carbonyl (C=O) groups excluding carboxylic acids is 2. The number of halogens is 1. The summed E-state index contributed by atoms with van der Waals surface area (Å²) in [4.78, 5) is 29.8. The van der Waals surface area contributed by atoms with Gasteiger partial charge < -0.3 is 10.2 Å². The highest BCUT2D eigenvalue weighted by molar-refractivity contribution is 7.99. The fraction of sp³-hybridized carbons (Fsp3) is 0.333. The van der Waals surface area contributed by atoms with E-state index in [4.69, 9.17) is 0 Å². The topological polar surface area (TPSA) is 49.4 Å². The number of amides is 2. The highest BCUT2D eigenvalue weighted by Gasteiger charge is 2.30. The molecule has 0 saturated carbocycles. The van der Waals surface area contributed by atoms with E-state index in [0.29, 0.717) is 18.6 Å². The van der Waals surface area contributed by atoms with Gasteiger partial charge in [-0.15, -0.1) is 11.8 Å². The lowest BCUT2D eigenvalue weighted by molar-refractivity contribution is -0.141. The first-order valence-corrected chi connectivity index (χ1v) is 13.4. The maximum atomic E-state index is 13.6. The fourth-order valence-electron chi connectivity index (χ4n) is 3.82. The lowest BCUT2D eigenvalue weighted by Crippen LogP contribution is -2.52. The van der Waals surface area contributed by atoms with Gasteiger partial charge in [-0.1, -0.05) is 67.1 Å². The molecule has 0 aliphatic rings. The maximum absolute atomic E-state index is 13.6. The monoisotopic (exact) mass is 506 g/mol. The minimum Gasteiger partial charge on any atom is -0.352 e. The van der Waals surface area contributed by atoms with Crippen LogP contribution < -0.4 is 5.32 Å². The number of carbonyl (C=O) groups is 2. The molecule has 0 spiro atoms. The largest absolute Gasteiger partial charge is 0.352 e. The van der Waals surface area contributed by atoms with E-state index in [1.807, 2.05) is 51.1 Å². The van der Waals surface area contributed by atoms with Crippen LogP contribution in [0.3, 0.4) is 0 Å². The summed E-state index contributed by atoms with van der Waals surface area (Å²) in [5.74, 6) is 0.00263. The molecule has 0 heterocycles. The molecule has 0 bridgehead atoms. The number of thioether (sulfide) groups is 1. The molecule has 6 heteroatoms. The Labute approximate surface area is 218 Å². The summed E-state index contributed by atoms with van der Waals surface area (Å²) in [6, 6.07) is 23.4. The van der Waals surface area contributed by atoms with Crippen LogP contribution in [0.1, 0.15) is 43.4 Å². The van der Waals surface area contributed by atoms with Crippen LogP contribution in [-0.2, 0) is 22.6 Å². The van der Waals surface area contributed by atoms with Gasteiger partial charge in [-0.2, -0.15) is 0 Å². The smallest absolute Gasteiger partial charge is 0.243 e. The summed E-state index contributed by atoms with van der Waals surface area (Å²) in [6.45, 7) is 6.26. The Balaban J connectivity index is 1.84. The van der Waals surface area contributed by atoms with Gasteiger partial charge >= 0.3 is 0 Å². The van der Waals surface area contributed by atoms with Crippen LogP contribution in [0.2, 0.25) is 0 Å². The molecule has 0 radical (unpaired) electrons. The summed E-state index contributed by atoms with van der Waals surface area (Å²) in [6.07, 6.45) is 1.49. The van der Waals surface area contributed by atoms with Crippen molar-refractivity contribution in [3.05, 3.63) is 101 Å². The molecule has 1 N–H and O–H groups in total. The van der Waals surface area contributed by atoms with Crippen LogP contribution in [0.15, 0.2) is 83.8 Å². The van der Waals surface area contributed by atoms with Gasteiger partial charge in [0.2, 0.25) is 11.8 Å².